The van der Waals surface area contributed by atoms with Crippen LogP contribution < -0.4 is 15.8 Å². The molecule has 0 atom stereocenters. The Morgan fingerprint density at radius 3 is 2.43 bits per heavy atom. The minimum Gasteiger partial charge on any atom is -0.495 e. The third-order valence-electron chi connectivity index (χ3n) is 2.93. The number of hydrogen-bond acceptors (Lipinski definition) is 4. The molecule has 6 heteroatoms. The molecule has 0 aliphatic carbocycles. The van der Waals surface area contributed by atoms with Crippen molar-refractivity contribution in [1.29, 1.82) is 5.26 Å². The van der Waals surface area contributed by atoms with E-state index in [0.717, 1.165) is 17.7 Å². The van der Waals surface area contributed by atoms with Crippen LogP contribution in [0.25, 0.3) is 0 Å². The highest BCUT2D eigenvalue weighted by atomic mass is 19.1. The first kappa shape index (κ1) is 14.6. The lowest BCUT2D eigenvalue weighted by molar-refractivity contribution is 0.417. The van der Waals surface area contributed by atoms with Crippen molar-refractivity contribution in [1.82, 2.24) is 0 Å². The SMILES string of the molecule is COc1ccc(CNc2c(F)cc(C#N)cc2F)cc1N. The Kier molecular flexibility index (Phi) is 4.24. The second-order valence-electron chi connectivity index (χ2n) is 4.36. The van der Waals surface area contributed by atoms with Crippen molar-refractivity contribution in [3.63, 3.8) is 0 Å². The Bertz CT molecular complexity index is 688. The molecule has 0 fully saturated rings. The molecule has 0 unspecified atom stereocenters. The first-order chi connectivity index (χ1) is 10.0. The maximum Gasteiger partial charge on any atom is 0.150 e. The predicted molar refractivity (Wildman–Crippen MR) is 75.8 cm³/mol. The lowest BCUT2D eigenvalue weighted by atomic mass is 10.1. The number of anilines is 2. The van der Waals surface area contributed by atoms with Gasteiger partial charge < -0.3 is 15.8 Å². The van der Waals surface area contributed by atoms with Crippen LogP contribution in [0, 0.1) is 23.0 Å². The summed E-state index contributed by atoms with van der Waals surface area (Å²) in [6.45, 7) is 0.188. The number of rotatable bonds is 4. The number of ether oxygens (including phenoxy) is 1. The standard InChI is InChI=1S/C15H13F2N3O/c1-21-14-3-2-9(6-13(14)19)8-20-15-11(16)4-10(7-18)5-12(15)17/h2-6,20H,8,19H2,1H3. The van der Waals surface area contributed by atoms with Crippen molar-refractivity contribution >= 4 is 11.4 Å². The summed E-state index contributed by atoms with van der Waals surface area (Å²) in [5, 5.41) is 11.3. The normalized spacial score (nSPS) is 10.0. The Morgan fingerprint density at radius 2 is 1.90 bits per heavy atom. The van der Waals surface area contributed by atoms with Crippen LogP contribution in [0.15, 0.2) is 30.3 Å². The van der Waals surface area contributed by atoms with E-state index in [1.165, 1.54) is 7.11 Å². The molecule has 0 radical (unpaired) electrons. The quantitative estimate of drug-likeness (QED) is 0.849. The summed E-state index contributed by atoms with van der Waals surface area (Å²) in [4.78, 5) is 0. The molecule has 0 heterocycles. The van der Waals surface area contributed by atoms with Crippen LogP contribution in [0.1, 0.15) is 11.1 Å². The van der Waals surface area contributed by atoms with Gasteiger partial charge in [0, 0.05) is 6.54 Å². The highest BCUT2D eigenvalue weighted by molar-refractivity contribution is 5.55. The topological polar surface area (TPSA) is 71.1 Å². The summed E-state index contributed by atoms with van der Waals surface area (Å²) >= 11 is 0. The molecular formula is C15H13F2N3O. The van der Waals surface area contributed by atoms with Gasteiger partial charge >= 0.3 is 0 Å². The molecule has 0 aliphatic heterocycles. The van der Waals surface area contributed by atoms with Gasteiger partial charge in [0.15, 0.2) is 11.6 Å². The van der Waals surface area contributed by atoms with Crippen LogP contribution in [0.2, 0.25) is 0 Å². The molecule has 2 rings (SSSR count). The summed E-state index contributed by atoms with van der Waals surface area (Å²) in [5.74, 6) is -1.09. The summed E-state index contributed by atoms with van der Waals surface area (Å²) in [6.07, 6.45) is 0. The van der Waals surface area contributed by atoms with Gasteiger partial charge in [-0.15, -0.1) is 0 Å². The molecule has 2 aromatic carbocycles. The Hall–Kier alpha value is -2.81. The van der Waals surface area contributed by atoms with Gasteiger partial charge in [-0.1, -0.05) is 6.07 Å². The van der Waals surface area contributed by atoms with Gasteiger partial charge in [-0.05, 0) is 29.8 Å². The number of nitrogen functional groups attached to an aromatic ring is 1. The number of nitriles is 1. The van der Waals surface area contributed by atoms with Gasteiger partial charge in [0.1, 0.15) is 11.4 Å². The van der Waals surface area contributed by atoms with Crippen molar-refractivity contribution in [3.05, 3.63) is 53.1 Å². The van der Waals surface area contributed by atoms with E-state index in [4.69, 9.17) is 15.7 Å². The summed E-state index contributed by atoms with van der Waals surface area (Å²) in [5.41, 5.74) is 6.61. The maximum atomic E-state index is 13.7. The molecule has 4 nitrogen and oxygen atoms in total. The summed E-state index contributed by atoms with van der Waals surface area (Å²) in [7, 11) is 1.51. The van der Waals surface area contributed by atoms with Crippen LogP contribution in [-0.2, 0) is 6.54 Å². The monoisotopic (exact) mass is 289 g/mol. The molecular weight excluding hydrogens is 276 g/mol. The highest BCUT2D eigenvalue weighted by Crippen LogP contribution is 2.24. The fourth-order valence-corrected chi connectivity index (χ4v) is 1.89. The van der Waals surface area contributed by atoms with E-state index in [0.29, 0.717) is 11.4 Å². The largest absolute Gasteiger partial charge is 0.495 e. The van der Waals surface area contributed by atoms with Gasteiger partial charge in [-0.25, -0.2) is 8.78 Å². The van der Waals surface area contributed by atoms with Crippen molar-refractivity contribution in [3.8, 4) is 11.8 Å². The van der Waals surface area contributed by atoms with Crippen LogP contribution in [0.3, 0.4) is 0 Å². The average molecular weight is 289 g/mol. The smallest absolute Gasteiger partial charge is 0.150 e. The molecule has 2 aromatic rings. The molecule has 0 aromatic heterocycles. The van der Waals surface area contributed by atoms with Crippen molar-refractivity contribution in [2.75, 3.05) is 18.2 Å². The number of nitrogens with two attached hydrogens (primary N) is 1. The van der Waals surface area contributed by atoms with Crippen molar-refractivity contribution < 1.29 is 13.5 Å². The lowest BCUT2D eigenvalue weighted by Gasteiger charge is -2.11. The number of methoxy groups -OCH3 is 1. The van der Waals surface area contributed by atoms with E-state index in [2.05, 4.69) is 5.32 Å². The highest BCUT2D eigenvalue weighted by Gasteiger charge is 2.11. The van der Waals surface area contributed by atoms with Crippen molar-refractivity contribution in [2.24, 2.45) is 0 Å². The zero-order valence-electron chi connectivity index (χ0n) is 11.3. The van der Waals surface area contributed by atoms with Gasteiger partial charge in [-0.3, -0.25) is 0 Å². The minimum absolute atomic E-state index is 0.0655. The number of nitrogens with zero attached hydrogens (tertiary/aromatic N) is 1. The zero-order chi connectivity index (χ0) is 15.4. The van der Waals surface area contributed by atoms with E-state index in [9.17, 15) is 8.78 Å². The average Bonchev–Trinajstić information content (AvgIpc) is 2.46. The number of benzene rings is 2. The van der Waals surface area contributed by atoms with Crippen LogP contribution in [0.5, 0.6) is 5.75 Å². The minimum atomic E-state index is -0.812. The zero-order valence-corrected chi connectivity index (χ0v) is 11.3. The molecule has 108 valence electrons. The van der Waals surface area contributed by atoms with Gasteiger partial charge in [0.25, 0.3) is 0 Å². The third kappa shape index (κ3) is 3.20. The number of halogens is 2. The molecule has 3 N–H and O–H groups in total. The van der Waals surface area contributed by atoms with Crippen molar-refractivity contribution in [2.45, 2.75) is 6.54 Å². The molecule has 0 saturated carbocycles. The van der Waals surface area contributed by atoms with Crippen LogP contribution >= 0.6 is 0 Å². The predicted octanol–water partition coefficient (Wildman–Crippen LogP) is 3.04. The molecule has 0 bridgehead atoms. The van der Waals surface area contributed by atoms with Gasteiger partial charge in [0.05, 0.1) is 24.4 Å². The number of hydrogen-bond donors (Lipinski definition) is 2. The fourth-order valence-electron chi connectivity index (χ4n) is 1.89. The molecule has 0 amide bonds. The number of nitrogens with one attached hydrogen (secondary N) is 1. The van der Waals surface area contributed by atoms with Crippen LogP contribution in [0.4, 0.5) is 20.2 Å². The fraction of sp³-hybridized carbons (Fsp3) is 0.133. The van der Waals surface area contributed by atoms with Gasteiger partial charge in [-0.2, -0.15) is 5.26 Å². The Balaban J connectivity index is 2.17. The second-order valence-corrected chi connectivity index (χ2v) is 4.36. The maximum absolute atomic E-state index is 13.7. The summed E-state index contributed by atoms with van der Waals surface area (Å²) < 4.78 is 32.4. The third-order valence-corrected chi connectivity index (χ3v) is 2.93. The van der Waals surface area contributed by atoms with Crippen LogP contribution in [-0.4, -0.2) is 7.11 Å². The molecule has 0 spiro atoms. The first-order valence-corrected chi connectivity index (χ1v) is 6.10. The second kappa shape index (κ2) is 6.09. The van der Waals surface area contributed by atoms with E-state index in [-0.39, 0.29) is 17.8 Å². The van der Waals surface area contributed by atoms with E-state index in [1.54, 1.807) is 24.3 Å². The van der Waals surface area contributed by atoms with E-state index < -0.39 is 11.6 Å². The summed E-state index contributed by atoms with van der Waals surface area (Å²) in [6, 6.07) is 8.73. The molecule has 21 heavy (non-hydrogen) atoms. The van der Waals surface area contributed by atoms with E-state index in [1.807, 2.05) is 0 Å². The Morgan fingerprint density at radius 1 is 1.24 bits per heavy atom. The lowest BCUT2D eigenvalue weighted by Crippen LogP contribution is -2.05. The molecule has 0 saturated heterocycles. The van der Waals surface area contributed by atoms with E-state index >= 15 is 0 Å². The Labute approximate surface area is 120 Å². The first-order valence-electron chi connectivity index (χ1n) is 6.10. The van der Waals surface area contributed by atoms with Gasteiger partial charge in [0.2, 0.25) is 0 Å². The molecule has 0 aliphatic rings.